The van der Waals surface area contributed by atoms with E-state index in [1.165, 1.54) is 19.7 Å². The van der Waals surface area contributed by atoms with Gasteiger partial charge in [0, 0.05) is 20.6 Å². The summed E-state index contributed by atoms with van der Waals surface area (Å²) in [5, 5.41) is 0. The molecule has 0 saturated carbocycles. The Morgan fingerprint density at radius 2 is 1.75 bits per heavy atom. The third-order valence-electron chi connectivity index (χ3n) is 4.03. The molecular weight excluding hydrogens is 308 g/mol. The molecule has 128 valence electrons. The number of hydrogen-bond acceptors (Lipinski definition) is 5. The third-order valence-corrected chi connectivity index (χ3v) is 4.03. The second kappa shape index (κ2) is 7.27. The van der Waals surface area contributed by atoms with E-state index in [1.54, 1.807) is 0 Å². The number of hydrogen-bond donors (Lipinski definition) is 1. The molecule has 0 aliphatic heterocycles. The maximum Gasteiger partial charge on any atom is 0.332 e. The number of likely N-dealkylation sites (N-methyl/N-ethyl adjacent to an activating group) is 1. The SMILES string of the molecule is CN(CCc1ccccc1)CC(=O)c1c(N)n(C)c(=O)n(C)c1=O. The number of carbonyl (C=O) groups excluding carboxylic acids is 1. The Labute approximate surface area is 139 Å². The van der Waals surface area contributed by atoms with Crippen LogP contribution in [0.2, 0.25) is 0 Å². The summed E-state index contributed by atoms with van der Waals surface area (Å²) in [5.41, 5.74) is 5.64. The van der Waals surface area contributed by atoms with Crippen LogP contribution in [0, 0.1) is 0 Å². The highest BCUT2D eigenvalue weighted by Crippen LogP contribution is 2.06. The standard InChI is InChI=1S/C17H22N4O3/c1-19(10-9-12-7-5-4-6-8-12)11-13(22)14-15(18)20(2)17(24)21(3)16(14)23/h4-8H,9-11,18H2,1-3H3. The van der Waals surface area contributed by atoms with Crippen molar-refractivity contribution in [1.29, 1.82) is 0 Å². The predicted molar refractivity (Wildman–Crippen MR) is 93.3 cm³/mol. The highest BCUT2D eigenvalue weighted by molar-refractivity contribution is 6.01. The van der Waals surface area contributed by atoms with Crippen molar-refractivity contribution in [2.45, 2.75) is 6.42 Å². The summed E-state index contributed by atoms with van der Waals surface area (Å²) in [6.07, 6.45) is 0.797. The monoisotopic (exact) mass is 330 g/mol. The molecule has 0 saturated heterocycles. The van der Waals surface area contributed by atoms with E-state index >= 15 is 0 Å². The average Bonchev–Trinajstić information content (AvgIpc) is 2.57. The molecule has 0 bridgehead atoms. The van der Waals surface area contributed by atoms with Crippen molar-refractivity contribution in [1.82, 2.24) is 14.0 Å². The first-order valence-electron chi connectivity index (χ1n) is 7.64. The summed E-state index contributed by atoms with van der Waals surface area (Å²) in [4.78, 5) is 38.3. The summed E-state index contributed by atoms with van der Waals surface area (Å²) in [6, 6.07) is 9.94. The van der Waals surface area contributed by atoms with Crippen LogP contribution < -0.4 is 17.0 Å². The fraction of sp³-hybridized carbons (Fsp3) is 0.353. The average molecular weight is 330 g/mol. The van der Waals surface area contributed by atoms with Gasteiger partial charge in [0.1, 0.15) is 11.4 Å². The molecule has 0 aliphatic carbocycles. The van der Waals surface area contributed by atoms with Crippen LogP contribution in [0.25, 0.3) is 0 Å². The van der Waals surface area contributed by atoms with Crippen molar-refractivity contribution < 1.29 is 4.79 Å². The van der Waals surface area contributed by atoms with E-state index in [4.69, 9.17) is 5.73 Å². The molecule has 0 aliphatic rings. The van der Waals surface area contributed by atoms with E-state index in [1.807, 2.05) is 42.3 Å². The number of ketones is 1. The number of carbonyl (C=O) groups is 1. The largest absolute Gasteiger partial charge is 0.384 e. The number of Topliss-reactive ketones (excluding diaryl/α,β-unsaturated/α-hetero) is 1. The molecule has 2 N–H and O–H groups in total. The van der Waals surface area contributed by atoms with Crippen LogP contribution in [0.4, 0.5) is 5.82 Å². The van der Waals surface area contributed by atoms with Gasteiger partial charge < -0.3 is 5.73 Å². The number of aromatic nitrogens is 2. The van der Waals surface area contributed by atoms with E-state index < -0.39 is 11.2 Å². The molecule has 1 aromatic heterocycles. The molecule has 0 unspecified atom stereocenters. The van der Waals surface area contributed by atoms with Crippen molar-refractivity contribution in [2.24, 2.45) is 14.1 Å². The molecule has 0 atom stereocenters. The molecule has 0 radical (unpaired) electrons. The number of anilines is 1. The van der Waals surface area contributed by atoms with Gasteiger partial charge in [0.2, 0.25) is 0 Å². The maximum atomic E-state index is 12.5. The molecular formula is C17H22N4O3. The van der Waals surface area contributed by atoms with E-state index in [9.17, 15) is 14.4 Å². The van der Waals surface area contributed by atoms with Crippen molar-refractivity contribution in [3.05, 3.63) is 62.3 Å². The first-order valence-corrected chi connectivity index (χ1v) is 7.64. The van der Waals surface area contributed by atoms with Crippen LogP contribution >= 0.6 is 0 Å². The first kappa shape index (κ1) is 17.7. The minimum Gasteiger partial charge on any atom is -0.384 e. The number of rotatable bonds is 6. The van der Waals surface area contributed by atoms with E-state index in [2.05, 4.69) is 0 Å². The zero-order chi connectivity index (χ0) is 17.9. The van der Waals surface area contributed by atoms with E-state index in [0.29, 0.717) is 6.54 Å². The Morgan fingerprint density at radius 1 is 1.12 bits per heavy atom. The van der Waals surface area contributed by atoms with Gasteiger partial charge in [-0.25, -0.2) is 4.79 Å². The summed E-state index contributed by atoms with van der Waals surface area (Å²) in [7, 11) is 4.58. The smallest absolute Gasteiger partial charge is 0.332 e. The zero-order valence-electron chi connectivity index (χ0n) is 14.2. The fourth-order valence-electron chi connectivity index (χ4n) is 2.49. The quantitative estimate of drug-likeness (QED) is 0.754. The molecule has 7 heteroatoms. The number of nitrogen functional groups attached to an aromatic ring is 1. The molecule has 1 aromatic carbocycles. The van der Waals surface area contributed by atoms with Gasteiger partial charge in [-0.1, -0.05) is 30.3 Å². The molecule has 2 aromatic rings. The van der Waals surface area contributed by atoms with Crippen molar-refractivity contribution in [3.63, 3.8) is 0 Å². The van der Waals surface area contributed by atoms with Gasteiger partial charge in [-0.2, -0.15) is 0 Å². The number of nitrogens with zero attached hydrogens (tertiary/aromatic N) is 3. The molecule has 24 heavy (non-hydrogen) atoms. The molecule has 0 fully saturated rings. The van der Waals surface area contributed by atoms with E-state index in [-0.39, 0.29) is 23.7 Å². The minimum absolute atomic E-state index is 0.0600. The minimum atomic E-state index is -0.656. The molecule has 1 heterocycles. The van der Waals surface area contributed by atoms with Crippen LogP contribution in [0.5, 0.6) is 0 Å². The summed E-state index contributed by atoms with van der Waals surface area (Å²) in [5.74, 6) is -0.483. The van der Waals surface area contributed by atoms with Crippen LogP contribution in [-0.2, 0) is 20.5 Å². The van der Waals surface area contributed by atoms with Gasteiger partial charge in [-0.3, -0.25) is 23.6 Å². The highest BCUT2D eigenvalue weighted by Gasteiger charge is 2.21. The van der Waals surface area contributed by atoms with Crippen molar-refractivity contribution in [3.8, 4) is 0 Å². The van der Waals surface area contributed by atoms with Crippen molar-refractivity contribution in [2.75, 3.05) is 25.9 Å². The Hall–Kier alpha value is -2.67. The lowest BCUT2D eigenvalue weighted by Crippen LogP contribution is -2.43. The Kier molecular flexibility index (Phi) is 5.35. The molecule has 0 spiro atoms. The highest BCUT2D eigenvalue weighted by atomic mass is 16.2. The second-order valence-corrected chi connectivity index (χ2v) is 5.86. The van der Waals surface area contributed by atoms with Gasteiger partial charge >= 0.3 is 5.69 Å². The normalized spacial score (nSPS) is 11.0. The topological polar surface area (TPSA) is 90.3 Å². The predicted octanol–water partition coefficient (Wildman–Crippen LogP) is 0.0234. The molecule has 2 rings (SSSR count). The number of nitrogens with two attached hydrogens (primary N) is 1. The Balaban J connectivity index is 2.13. The zero-order valence-corrected chi connectivity index (χ0v) is 14.2. The fourth-order valence-corrected chi connectivity index (χ4v) is 2.49. The van der Waals surface area contributed by atoms with Gasteiger partial charge in [0.05, 0.1) is 6.54 Å². The lowest BCUT2D eigenvalue weighted by atomic mass is 10.1. The van der Waals surface area contributed by atoms with Gasteiger partial charge in [-0.05, 0) is 19.0 Å². The molecule has 7 nitrogen and oxygen atoms in total. The van der Waals surface area contributed by atoms with Crippen LogP contribution in [0.3, 0.4) is 0 Å². The maximum absolute atomic E-state index is 12.5. The lowest BCUT2D eigenvalue weighted by molar-refractivity contribution is 0.0945. The summed E-state index contributed by atoms with van der Waals surface area (Å²) >= 11 is 0. The Morgan fingerprint density at radius 3 is 2.38 bits per heavy atom. The number of benzene rings is 1. The lowest BCUT2D eigenvalue weighted by Gasteiger charge is -2.17. The third kappa shape index (κ3) is 3.62. The van der Waals surface area contributed by atoms with Gasteiger partial charge in [0.25, 0.3) is 5.56 Å². The van der Waals surface area contributed by atoms with Gasteiger partial charge in [0.15, 0.2) is 5.78 Å². The molecule has 0 amide bonds. The summed E-state index contributed by atoms with van der Waals surface area (Å²) < 4.78 is 2.01. The second-order valence-electron chi connectivity index (χ2n) is 5.86. The Bertz CT molecular complexity index is 853. The van der Waals surface area contributed by atoms with Crippen LogP contribution in [0.1, 0.15) is 15.9 Å². The first-order chi connectivity index (χ1) is 11.3. The van der Waals surface area contributed by atoms with Crippen LogP contribution in [0.15, 0.2) is 39.9 Å². The van der Waals surface area contributed by atoms with Crippen molar-refractivity contribution >= 4 is 11.6 Å². The summed E-state index contributed by atoms with van der Waals surface area (Å²) in [6.45, 7) is 0.728. The van der Waals surface area contributed by atoms with Crippen LogP contribution in [-0.4, -0.2) is 40.0 Å². The van der Waals surface area contributed by atoms with E-state index in [0.717, 1.165) is 15.6 Å². The van der Waals surface area contributed by atoms with Gasteiger partial charge in [-0.15, -0.1) is 0 Å².